The van der Waals surface area contributed by atoms with Crippen LogP contribution in [0.5, 0.6) is 0 Å². The lowest BCUT2D eigenvalue weighted by Crippen LogP contribution is -2.38. The molecule has 1 N–H and O–H groups in total. The van der Waals surface area contributed by atoms with Crippen molar-refractivity contribution in [1.82, 2.24) is 0 Å². The van der Waals surface area contributed by atoms with E-state index in [1.165, 1.54) is 0 Å². The molecule has 0 bridgehead atoms. The van der Waals surface area contributed by atoms with Gasteiger partial charge >= 0.3 is 0 Å². The van der Waals surface area contributed by atoms with Gasteiger partial charge in [0.1, 0.15) is 0 Å². The number of aliphatic hydroxyl groups excluding tert-OH is 1. The molecule has 1 unspecified atom stereocenters. The zero-order valence-corrected chi connectivity index (χ0v) is 10.6. The van der Waals surface area contributed by atoms with Crippen LogP contribution in [-0.2, 0) is 0 Å². The number of rotatable bonds is 4. The van der Waals surface area contributed by atoms with Crippen LogP contribution < -0.4 is 0 Å². The molecule has 92 valence electrons. The average Bonchev–Trinajstić information content (AvgIpc) is 2.59. The van der Waals surface area contributed by atoms with Gasteiger partial charge in [-0.15, -0.1) is 0 Å². The van der Waals surface area contributed by atoms with Gasteiger partial charge in [-0.2, -0.15) is 0 Å². The Morgan fingerprint density at radius 2 is 2.19 bits per heavy atom. The van der Waals surface area contributed by atoms with Crippen LogP contribution in [0.4, 0.5) is 0 Å². The van der Waals surface area contributed by atoms with E-state index >= 15 is 0 Å². The summed E-state index contributed by atoms with van der Waals surface area (Å²) in [5.41, 5.74) is 8.68. The summed E-state index contributed by atoms with van der Waals surface area (Å²) in [7, 11) is 0. The lowest BCUT2D eigenvalue weighted by atomic mass is 9.69. The number of nitrogens with zero attached hydrogens (tertiary/aromatic N) is 3. The molecule has 0 saturated heterocycles. The molecule has 1 rings (SSSR count). The van der Waals surface area contributed by atoms with Gasteiger partial charge in [-0.3, -0.25) is 0 Å². The summed E-state index contributed by atoms with van der Waals surface area (Å²) in [6.45, 7) is 6.82. The average molecular weight is 225 g/mol. The van der Waals surface area contributed by atoms with Crippen molar-refractivity contribution in [3.8, 4) is 0 Å². The summed E-state index contributed by atoms with van der Waals surface area (Å²) in [6.07, 6.45) is 4.78. The Balaban J connectivity index is 2.93. The van der Waals surface area contributed by atoms with E-state index in [0.29, 0.717) is 5.92 Å². The fourth-order valence-corrected chi connectivity index (χ4v) is 3.24. The molecule has 0 aromatic heterocycles. The van der Waals surface area contributed by atoms with Gasteiger partial charge < -0.3 is 5.11 Å². The van der Waals surface area contributed by atoms with Crippen LogP contribution in [0.25, 0.3) is 10.4 Å². The van der Waals surface area contributed by atoms with E-state index in [0.717, 1.165) is 32.1 Å². The third-order valence-electron chi connectivity index (χ3n) is 3.81. The highest BCUT2D eigenvalue weighted by molar-refractivity contribution is 5.03. The molecule has 16 heavy (non-hydrogen) atoms. The Bertz CT molecular complexity index is 278. The van der Waals surface area contributed by atoms with Crippen molar-refractivity contribution in [3.05, 3.63) is 10.4 Å². The van der Waals surface area contributed by atoms with Gasteiger partial charge in [0, 0.05) is 11.5 Å². The Kier molecular flexibility index (Phi) is 4.22. The van der Waals surface area contributed by atoms with Gasteiger partial charge in [0.05, 0.1) is 5.54 Å². The lowest BCUT2D eigenvalue weighted by Gasteiger charge is -2.39. The molecule has 0 aliphatic heterocycles. The smallest absolute Gasteiger partial charge is 0.0522 e. The highest BCUT2D eigenvalue weighted by Crippen LogP contribution is 2.50. The van der Waals surface area contributed by atoms with E-state index < -0.39 is 0 Å². The van der Waals surface area contributed by atoms with Gasteiger partial charge in [0.25, 0.3) is 0 Å². The van der Waals surface area contributed by atoms with Crippen molar-refractivity contribution < 1.29 is 5.11 Å². The standard InChI is InChI=1S/C12H23N3O/c1-11(2,3)10-6-4-7-12(10,14-15-13)8-5-9-16/h10,16H,4-9H2,1-3H3/t10-,12?/m0/s1. The minimum Gasteiger partial charge on any atom is -0.396 e. The Morgan fingerprint density at radius 1 is 1.50 bits per heavy atom. The first kappa shape index (κ1) is 13.3. The predicted molar refractivity (Wildman–Crippen MR) is 65.0 cm³/mol. The monoisotopic (exact) mass is 225 g/mol. The minimum absolute atomic E-state index is 0.167. The van der Waals surface area contributed by atoms with Crippen molar-refractivity contribution in [3.63, 3.8) is 0 Å². The lowest BCUT2D eigenvalue weighted by molar-refractivity contribution is 0.139. The van der Waals surface area contributed by atoms with Gasteiger partial charge in [-0.05, 0) is 42.5 Å². The molecular weight excluding hydrogens is 202 g/mol. The summed E-state index contributed by atoms with van der Waals surface area (Å²) >= 11 is 0. The topological polar surface area (TPSA) is 69.0 Å². The molecule has 1 aliphatic rings. The van der Waals surface area contributed by atoms with Crippen LogP contribution in [0.15, 0.2) is 5.11 Å². The van der Waals surface area contributed by atoms with E-state index in [2.05, 4.69) is 30.8 Å². The first-order valence-corrected chi connectivity index (χ1v) is 6.13. The van der Waals surface area contributed by atoms with E-state index in [4.69, 9.17) is 10.6 Å². The summed E-state index contributed by atoms with van der Waals surface area (Å²) in [6, 6.07) is 0. The van der Waals surface area contributed by atoms with Crippen LogP contribution in [0.1, 0.15) is 52.9 Å². The molecule has 0 aromatic rings. The van der Waals surface area contributed by atoms with E-state index in [1.54, 1.807) is 0 Å². The third-order valence-corrected chi connectivity index (χ3v) is 3.81. The van der Waals surface area contributed by atoms with Crippen LogP contribution in [0.3, 0.4) is 0 Å². The third kappa shape index (κ3) is 2.69. The van der Waals surface area contributed by atoms with Gasteiger partial charge in [-0.25, -0.2) is 0 Å². The largest absolute Gasteiger partial charge is 0.396 e. The maximum Gasteiger partial charge on any atom is 0.0522 e. The summed E-state index contributed by atoms with van der Waals surface area (Å²) in [5.74, 6) is 0.433. The molecule has 2 atom stereocenters. The predicted octanol–water partition coefficient (Wildman–Crippen LogP) is 3.65. The quantitative estimate of drug-likeness (QED) is 0.443. The summed E-state index contributed by atoms with van der Waals surface area (Å²) in [4.78, 5) is 3.05. The van der Waals surface area contributed by atoms with Crippen LogP contribution in [0, 0.1) is 11.3 Å². The Hall–Kier alpha value is -0.730. The fourth-order valence-electron chi connectivity index (χ4n) is 3.24. The SMILES string of the molecule is CC(C)(C)[C@@H]1CCCC1(CCCO)N=[N+]=[N-]. The van der Waals surface area contributed by atoms with E-state index in [9.17, 15) is 0 Å². The molecule has 0 spiro atoms. The van der Waals surface area contributed by atoms with Crippen molar-refractivity contribution >= 4 is 0 Å². The second kappa shape index (κ2) is 5.07. The highest BCUT2D eigenvalue weighted by Gasteiger charge is 2.46. The number of hydrogen-bond acceptors (Lipinski definition) is 2. The van der Waals surface area contributed by atoms with Crippen LogP contribution in [0.2, 0.25) is 0 Å². The highest BCUT2D eigenvalue weighted by atomic mass is 16.2. The van der Waals surface area contributed by atoms with Crippen LogP contribution >= 0.6 is 0 Å². The molecule has 1 fully saturated rings. The molecule has 4 heteroatoms. The van der Waals surface area contributed by atoms with Crippen molar-refractivity contribution in [2.75, 3.05) is 6.61 Å². The maximum absolute atomic E-state index is 8.96. The molecular formula is C12H23N3O. The van der Waals surface area contributed by atoms with Gasteiger partial charge in [0.2, 0.25) is 0 Å². The molecule has 0 heterocycles. The minimum atomic E-state index is -0.254. The van der Waals surface area contributed by atoms with Crippen LogP contribution in [-0.4, -0.2) is 17.3 Å². The zero-order valence-electron chi connectivity index (χ0n) is 10.6. The second-order valence-electron chi connectivity index (χ2n) is 5.93. The van der Waals surface area contributed by atoms with Gasteiger partial charge in [0.15, 0.2) is 0 Å². The van der Waals surface area contributed by atoms with Gasteiger partial charge in [-0.1, -0.05) is 32.3 Å². The molecule has 0 radical (unpaired) electrons. The van der Waals surface area contributed by atoms with E-state index in [1.807, 2.05) is 0 Å². The Labute approximate surface area is 97.7 Å². The number of aliphatic hydroxyl groups is 1. The maximum atomic E-state index is 8.96. The Morgan fingerprint density at radius 3 is 2.69 bits per heavy atom. The first-order chi connectivity index (χ1) is 7.46. The molecule has 0 amide bonds. The molecule has 0 aromatic carbocycles. The summed E-state index contributed by atoms with van der Waals surface area (Å²) in [5, 5.41) is 13.1. The normalized spacial score (nSPS) is 30.1. The molecule has 1 aliphatic carbocycles. The first-order valence-electron chi connectivity index (χ1n) is 6.13. The van der Waals surface area contributed by atoms with Crippen molar-refractivity contribution in [1.29, 1.82) is 0 Å². The zero-order chi connectivity index (χ0) is 12.2. The number of azide groups is 1. The number of hydrogen-bond donors (Lipinski definition) is 1. The molecule has 4 nitrogen and oxygen atoms in total. The fraction of sp³-hybridized carbons (Fsp3) is 1.00. The van der Waals surface area contributed by atoms with Crippen molar-refractivity contribution in [2.24, 2.45) is 16.4 Å². The molecule has 1 saturated carbocycles. The summed E-state index contributed by atoms with van der Waals surface area (Å²) < 4.78 is 0. The van der Waals surface area contributed by atoms with E-state index in [-0.39, 0.29) is 17.6 Å². The van der Waals surface area contributed by atoms with Crippen molar-refractivity contribution in [2.45, 2.75) is 58.4 Å². The second-order valence-corrected chi connectivity index (χ2v) is 5.93.